The van der Waals surface area contributed by atoms with Gasteiger partial charge in [0.05, 0.1) is 23.1 Å². The lowest BCUT2D eigenvalue weighted by molar-refractivity contribution is -0.116. The van der Waals surface area contributed by atoms with Crippen LogP contribution in [0.4, 0.5) is 5.69 Å². The van der Waals surface area contributed by atoms with Crippen LogP contribution in [0.2, 0.25) is 5.02 Å². The van der Waals surface area contributed by atoms with Crippen molar-refractivity contribution in [3.05, 3.63) is 23.2 Å². The molecule has 2 aliphatic heterocycles. The van der Waals surface area contributed by atoms with Gasteiger partial charge in [0.2, 0.25) is 5.91 Å². The van der Waals surface area contributed by atoms with E-state index in [1.807, 2.05) is 12.1 Å². The highest BCUT2D eigenvalue weighted by Gasteiger charge is 2.17. The molecule has 2 fully saturated rings. The minimum absolute atomic E-state index is 0.0267. The Bertz CT molecular complexity index is 603. The van der Waals surface area contributed by atoms with E-state index in [0.29, 0.717) is 34.3 Å². The van der Waals surface area contributed by atoms with E-state index in [9.17, 15) is 4.79 Å². The van der Waals surface area contributed by atoms with E-state index in [1.54, 1.807) is 6.07 Å². The lowest BCUT2D eigenvalue weighted by Gasteiger charge is -2.23. The molecule has 2 saturated heterocycles. The summed E-state index contributed by atoms with van der Waals surface area (Å²) >= 11 is 7.63. The van der Waals surface area contributed by atoms with Crippen LogP contribution in [-0.2, 0) is 4.79 Å². The number of benzene rings is 1. The van der Waals surface area contributed by atoms with E-state index in [0.717, 1.165) is 18.7 Å². The maximum absolute atomic E-state index is 11.2. The number of carbonyl (C=O) groups is 1. The van der Waals surface area contributed by atoms with Crippen molar-refractivity contribution in [1.29, 1.82) is 0 Å². The first-order chi connectivity index (χ1) is 11.2. The number of amides is 1. The van der Waals surface area contributed by atoms with E-state index < -0.39 is 0 Å². The highest BCUT2D eigenvalue weighted by molar-refractivity contribution is 8.15. The largest absolute Gasteiger partial charge is 0.493 e. The van der Waals surface area contributed by atoms with Gasteiger partial charge in [0.25, 0.3) is 0 Å². The van der Waals surface area contributed by atoms with Gasteiger partial charge in [-0.2, -0.15) is 0 Å². The van der Waals surface area contributed by atoms with Gasteiger partial charge in [-0.3, -0.25) is 4.79 Å². The number of aliphatic imine (C=N–C) groups is 1. The van der Waals surface area contributed by atoms with Crippen molar-refractivity contribution in [3.8, 4) is 5.75 Å². The van der Waals surface area contributed by atoms with Crippen LogP contribution in [0, 0.1) is 0 Å². The molecule has 1 unspecified atom stereocenters. The fourth-order valence-electron chi connectivity index (χ4n) is 2.65. The number of ether oxygens (including phenoxy) is 1. The molecule has 5 nitrogen and oxygen atoms in total. The van der Waals surface area contributed by atoms with Gasteiger partial charge in [0.15, 0.2) is 5.17 Å². The molecular formula is C16H20ClN3O2S. The van der Waals surface area contributed by atoms with Crippen molar-refractivity contribution >= 4 is 40.1 Å². The number of piperidine rings is 1. The van der Waals surface area contributed by atoms with Gasteiger partial charge in [-0.15, -0.1) is 0 Å². The van der Waals surface area contributed by atoms with Crippen LogP contribution in [0.5, 0.6) is 5.75 Å². The first-order valence-electron chi connectivity index (χ1n) is 7.88. The van der Waals surface area contributed by atoms with Crippen LogP contribution >= 0.6 is 23.4 Å². The number of amidine groups is 1. The van der Waals surface area contributed by atoms with E-state index in [-0.39, 0.29) is 5.91 Å². The maximum Gasteiger partial charge on any atom is 0.236 e. The molecule has 2 heterocycles. The predicted octanol–water partition coefficient (Wildman–Crippen LogP) is 3.10. The Kier molecular flexibility index (Phi) is 5.80. The summed E-state index contributed by atoms with van der Waals surface area (Å²) in [6, 6.07) is 6.01. The molecule has 1 aromatic rings. The molecule has 7 heteroatoms. The third kappa shape index (κ3) is 4.86. The topological polar surface area (TPSA) is 62.7 Å². The van der Waals surface area contributed by atoms with Crippen LogP contribution in [0.15, 0.2) is 23.2 Å². The monoisotopic (exact) mass is 353 g/mol. The average molecular weight is 354 g/mol. The number of halogens is 1. The maximum atomic E-state index is 11.2. The van der Waals surface area contributed by atoms with E-state index >= 15 is 0 Å². The normalized spacial score (nSPS) is 23.1. The van der Waals surface area contributed by atoms with Gasteiger partial charge in [-0.1, -0.05) is 29.8 Å². The van der Waals surface area contributed by atoms with E-state index in [1.165, 1.54) is 31.0 Å². The molecule has 1 amide bonds. The summed E-state index contributed by atoms with van der Waals surface area (Å²) < 4.78 is 5.78. The van der Waals surface area contributed by atoms with Crippen molar-refractivity contribution in [2.24, 2.45) is 4.99 Å². The zero-order chi connectivity index (χ0) is 16.1. The molecule has 0 aromatic heterocycles. The molecule has 23 heavy (non-hydrogen) atoms. The van der Waals surface area contributed by atoms with E-state index in [2.05, 4.69) is 15.6 Å². The molecule has 0 radical (unpaired) electrons. The van der Waals surface area contributed by atoms with Crippen molar-refractivity contribution in [1.82, 2.24) is 10.6 Å². The van der Waals surface area contributed by atoms with Crippen LogP contribution in [0.25, 0.3) is 0 Å². The Morgan fingerprint density at radius 3 is 3.00 bits per heavy atom. The first kappa shape index (κ1) is 16.6. The van der Waals surface area contributed by atoms with Crippen molar-refractivity contribution < 1.29 is 9.53 Å². The number of rotatable bonds is 5. The Morgan fingerprint density at radius 1 is 1.39 bits per heavy atom. The quantitative estimate of drug-likeness (QED) is 0.853. The minimum Gasteiger partial charge on any atom is -0.493 e. The summed E-state index contributed by atoms with van der Waals surface area (Å²) in [7, 11) is 0. The summed E-state index contributed by atoms with van der Waals surface area (Å²) in [6.07, 6.45) is 4.80. The standard InChI is InChI=1S/C16H20ClN3O2S/c17-13-9-12(22-8-6-11-3-1-2-7-18-11)4-5-14(13)19-16-20-15(21)10-23-16/h4-5,9,11,18H,1-3,6-8,10H2,(H,19,20,21). The Labute approximate surface area is 145 Å². The number of hydrogen-bond donors (Lipinski definition) is 2. The molecule has 124 valence electrons. The molecule has 3 rings (SSSR count). The molecule has 2 N–H and O–H groups in total. The first-order valence-corrected chi connectivity index (χ1v) is 9.24. The lowest BCUT2D eigenvalue weighted by atomic mass is 10.0. The number of nitrogens with one attached hydrogen (secondary N) is 2. The summed E-state index contributed by atoms with van der Waals surface area (Å²) in [6.45, 7) is 1.79. The third-order valence-electron chi connectivity index (χ3n) is 3.87. The molecular weight excluding hydrogens is 334 g/mol. The smallest absolute Gasteiger partial charge is 0.236 e. The summed E-state index contributed by atoms with van der Waals surface area (Å²) in [4.78, 5) is 15.5. The van der Waals surface area contributed by atoms with Gasteiger partial charge in [-0.05, 0) is 37.9 Å². The second kappa shape index (κ2) is 8.04. The fraction of sp³-hybridized carbons (Fsp3) is 0.500. The molecule has 0 bridgehead atoms. The Hall–Kier alpha value is -1.24. The lowest BCUT2D eigenvalue weighted by Crippen LogP contribution is -2.35. The van der Waals surface area contributed by atoms with Crippen LogP contribution < -0.4 is 15.4 Å². The third-order valence-corrected chi connectivity index (χ3v) is 5.05. The van der Waals surface area contributed by atoms with Crippen molar-refractivity contribution in [2.75, 3.05) is 18.9 Å². The molecule has 1 aromatic carbocycles. The fourth-order valence-corrected chi connectivity index (χ4v) is 3.55. The van der Waals surface area contributed by atoms with Gasteiger partial charge in [0, 0.05) is 12.1 Å². The van der Waals surface area contributed by atoms with Crippen LogP contribution in [0.3, 0.4) is 0 Å². The van der Waals surface area contributed by atoms with Gasteiger partial charge < -0.3 is 15.4 Å². The summed E-state index contributed by atoms with van der Waals surface area (Å²) in [5.41, 5.74) is 0.637. The highest BCUT2D eigenvalue weighted by Crippen LogP contribution is 2.30. The van der Waals surface area contributed by atoms with E-state index in [4.69, 9.17) is 16.3 Å². The zero-order valence-electron chi connectivity index (χ0n) is 12.8. The number of hydrogen-bond acceptors (Lipinski definition) is 5. The van der Waals surface area contributed by atoms with Crippen LogP contribution in [-0.4, -0.2) is 36.0 Å². The Balaban J connectivity index is 1.53. The molecule has 0 spiro atoms. The highest BCUT2D eigenvalue weighted by atomic mass is 35.5. The zero-order valence-corrected chi connectivity index (χ0v) is 14.4. The minimum atomic E-state index is -0.0267. The number of nitrogens with zero attached hydrogens (tertiary/aromatic N) is 1. The summed E-state index contributed by atoms with van der Waals surface area (Å²) in [5, 5.41) is 7.31. The van der Waals surface area contributed by atoms with Crippen molar-refractivity contribution in [3.63, 3.8) is 0 Å². The average Bonchev–Trinajstić information content (AvgIpc) is 2.96. The molecule has 1 atom stereocenters. The Morgan fingerprint density at radius 2 is 2.30 bits per heavy atom. The number of thioether (sulfide) groups is 1. The van der Waals surface area contributed by atoms with Gasteiger partial charge >= 0.3 is 0 Å². The number of carbonyl (C=O) groups excluding carboxylic acids is 1. The molecule has 0 saturated carbocycles. The second-order valence-corrected chi connectivity index (χ2v) is 7.02. The molecule has 2 aliphatic rings. The SMILES string of the molecule is O=C1CSC(=Nc2ccc(OCCC3CCCCN3)cc2Cl)N1. The van der Waals surface area contributed by atoms with Gasteiger partial charge in [0.1, 0.15) is 5.75 Å². The van der Waals surface area contributed by atoms with Crippen molar-refractivity contribution in [2.45, 2.75) is 31.7 Å². The van der Waals surface area contributed by atoms with Crippen LogP contribution in [0.1, 0.15) is 25.7 Å². The predicted molar refractivity (Wildman–Crippen MR) is 94.9 cm³/mol. The van der Waals surface area contributed by atoms with Gasteiger partial charge in [-0.25, -0.2) is 4.99 Å². The second-order valence-electron chi connectivity index (χ2n) is 5.65. The summed E-state index contributed by atoms with van der Waals surface area (Å²) in [5.74, 6) is 1.13. The molecule has 0 aliphatic carbocycles.